The lowest BCUT2D eigenvalue weighted by Crippen LogP contribution is -2.11. The molecule has 0 aliphatic heterocycles. The van der Waals surface area contributed by atoms with E-state index in [-0.39, 0.29) is 5.41 Å². The predicted molar refractivity (Wildman–Crippen MR) is 86.3 cm³/mol. The van der Waals surface area contributed by atoms with E-state index in [4.69, 9.17) is 4.74 Å². The Morgan fingerprint density at radius 1 is 1.15 bits per heavy atom. The Bertz CT molecular complexity index is 617. The maximum absolute atomic E-state index is 5.97. The fourth-order valence-corrected chi connectivity index (χ4v) is 3.32. The first-order valence-corrected chi connectivity index (χ1v) is 7.85. The van der Waals surface area contributed by atoms with Gasteiger partial charge in [0, 0.05) is 0 Å². The summed E-state index contributed by atoms with van der Waals surface area (Å²) in [6, 6.07) is 14.7. The van der Waals surface area contributed by atoms with Crippen LogP contribution >= 0.6 is 15.9 Å². The SMILES string of the molecule is CC1(C)CCc2cc(OCc3ccccc3)c(Br)cc21. The predicted octanol–water partition coefficient (Wildman–Crippen LogP) is 5.25. The Labute approximate surface area is 129 Å². The van der Waals surface area contributed by atoms with Crippen molar-refractivity contribution in [2.75, 3.05) is 0 Å². The molecule has 0 heterocycles. The minimum Gasteiger partial charge on any atom is -0.488 e. The van der Waals surface area contributed by atoms with Gasteiger partial charge in [0.2, 0.25) is 0 Å². The summed E-state index contributed by atoms with van der Waals surface area (Å²) in [6.07, 6.45) is 2.37. The largest absolute Gasteiger partial charge is 0.488 e. The van der Waals surface area contributed by atoms with Crippen molar-refractivity contribution in [1.29, 1.82) is 0 Å². The van der Waals surface area contributed by atoms with Crippen LogP contribution < -0.4 is 4.74 Å². The van der Waals surface area contributed by atoms with E-state index in [9.17, 15) is 0 Å². The molecule has 0 bridgehead atoms. The molecular weight excluding hydrogens is 312 g/mol. The van der Waals surface area contributed by atoms with Crippen molar-refractivity contribution < 1.29 is 4.74 Å². The molecule has 0 unspecified atom stereocenters. The van der Waals surface area contributed by atoms with E-state index < -0.39 is 0 Å². The summed E-state index contributed by atoms with van der Waals surface area (Å²) in [5.74, 6) is 0.949. The van der Waals surface area contributed by atoms with Crippen LogP contribution in [-0.2, 0) is 18.4 Å². The molecule has 1 aliphatic carbocycles. The van der Waals surface area contributed by atoms with Crippen LogP contribution in [0.1, 0.15) is 37.0 Å². The normalized spacial score (nSPS) is 15.9. The van der Waals surface area contributed by atoms with E-state index in [0.717, 1.165) is 16.6 Å². The summed E-state index contributed by atoms with van der Waals surface area (Å²) in [7, 11) is 0. The number of hydrogen-bond donors (Lipinski definition) is 0. The van der Waals surface area contributed by atoms with Gasteiger partial charge in [0.05, 0.1) is 4.47 Å². The number of hydrogen-bond acceptors (Lipinski definition) is 1. The molecule has 2 aromatic rings. The lowest BCUT2D eigenvalue weighted by Gasteiger charge is -2.20. The molecule has 0 fully saturated rings. The molecule has 0 saturated heterocycles. The number of rotatable bonds is 3. The molecule has 0 radical (unpaired) electrons. The zero-order chi connectivity index (χ0) is 14.2. The summed E-state index contributed by atoms with van der Waals surface area (Å²) < 4.78 is 7.03. The number of benzene rings is 2. The molecule has 3 rings (SSSR count). The average Bonchev–Trinajstić information content (AvgIpc) is 2.73. The molecule has 0 N–H and O–H groups in total. The zero-order valence-electron chi connectivity index (χ0n) is 11.9. The van der Waals surface area contributed by atoms with E-state index in [1.807, 2.05) is 18.2 Å². The van der Waals surface area contributed by atoms with Crippen LogP contribution in [0.5, 0.6) is 5.75 Å². The van der Waals surface area contributed by atoms with E-state index >= 15 is 0 Å². The van der Waals surface area contributed by atoms with E-state index in [0.29, 0.717) is 6.61 Å². The van der Waals surface area contributed by atoms with E-state index in [1.165, 1.54) is 23.1 Å². The van der Waals surface area contributed by atoms with Crippen molar-refractivity contribution in [3.8, 4) is 5.75 Å². The second-order valence-corrected chi connectivity index (χ2v) is 6.95. The lowest BCUT2D eigenvalue weighted by atomic mass is 9.87. The fraction of sp³-hybridized carbons (Fsp3) is 0.333. The van der Waals surface area contributed by atoms with Gasteiger partial charge in [0.15, 0.2) is 0 Å². The van der Waals surface area contributed by atoms with Crippen molar-refractivity contribution >= 4 is 15.9 Å². The van der Waals surface area contributed by atoms with Gasteiger partial charge in [0.25, 0.3) is 0 Å². The summed E-state index contributed by atoms with van der Waals surface area (Å²) in [5.41, 5.74) is 4.37. The summed E-state index contributed by atoms with van der Waals surface area (Å²) >= 11 is 3.65. The van der Waals surface area contributed by atoms with Crippen LogP contribution in [-0.4, -0.2) is 0 Å². The third kappa shape index (κ3) is 2.62. The molecule has 2 heteroatoms. The van der Waals surface area contributed by atoms with Gasteiger partial charge < -0.3 is 4.74 Å². The summed E-state index contributed by atoms with van der Waals surface area (Å²) in [6.45, 7) is 5.24. The zero-order valence-corrected chi connectivity index (χ0v) is 13.5. The smallest absolute Gasteiger partial charge is 0.134 e. The van der Waals surface area contributed by atoms with Crippen molar-refractivity contribution in [1.82, 2.24) is 0 Å². The highest BCUT2D eigenvalue weighted by molar-refractivity contribution is 9.10. The van der Waals surface area contributed by atoms with Crippen molar-refractivity contribution in [3.63, 3.8) is 0 Å². The second kappa shape index (κ2) is 5.25. The van der Waals surface area contributed by atoms with Crippen LogP contribution in [0.2, 0.25) is 0 Å². The highest BCUT2D eigenvalue weighted by Crippen LogP contribution is 2.42. The van der Waals surface area contributed by atoms with Crippen LogP contribution in [0, 0.1) is 0 Å². The van der Waals surface area contributed by atoms with Gasteiger partial charge in [-0.1, -0.05) is 44.2 Å². The van der Waals surface area contributed by atoms with Gasteiger partial charge in [0.1, 0.15) is 12.4 Å². The molecule has 20 heavy (non-hydrogen) atoms. The first-order valence-electron chi connectivity index (χ1n) is 7.06. The Morgan fingerprint density at radius 2 is 1.90 bits per heavy atom. The molecule has 0 saturated carbocycles. The first-order chi connectivity index (χ1) is 9.56. The standard InChI is InChI=1S/C18H19BrO/c1-18(2)9-8-14-10-17(16(19)11-15(14)18)20-12-13-6-4-3-5-7-13/h3-7,10-11H,8-9,12H2,1-2H3. The molecule has 104 valence electrons. The third-order valence-electron chi connectivity index (χ3n) is 4.14. The van der Waals surface area contributed by atoms with Gasteiger partial charge in [-0.05, 0) is 63.0 Å². The molecule has 1 aliphatic rings. The van der Waals surface area contributed by atoms with Crippen LogP contribution in [0.3, 0.4) is 0 Å². The van der Waals surface area contributed by atoms with Crippen LogP contribution in [0.4, 0.5) is 0 Å². The van der Waals surface area contributed by atoms with Gasteiger partial charge in [-0.2, -0.15) is 0 Å². The Balaban J connectivity index is 1.82. The minimum atomic E-state index is 0.288. The monoisotopic (exact) mass is 330 g/mol. The Morgan fingerprint density at radius 3 is 2.65 bits per heavy atom. The molecule has 0 atom stereocenters. The highest BCUT2D eigenvalue weighted by atomic mass is 79.9. The fourth-order valence-electron chi connectivity index (χ4n) is 2.86. The quantitative estimate of drug-likeness (QED) is 0.746. The maximum atomic E-state index is 5.97. The minimum absolute atomic E-state index is 0.288. The molecule has 2 aromatic carbocycles. The number of halogens is 1. The molecule has 1 nitrogen and oxygen atoms in total. The van der Waals surface area contributed by atoms with Crippen molar-refractivity contribution in [2.24, 2.45) is 0 Å². The first kappa shape index (κ1) is 13.7. The number of aryl methyl sites for hydroxylation is 1. The van der Waals surface area contributed by atoms with Gasteiger partial charge >= 0.3 is 0 Å². The third-order valence-corrected chi connectivity index (χ3v) is 4.76. The average molecular weight is 331 g/mol. The Hall–Kier alpha value is -1.28. The van der Waals surface area contributed by atoms with E-state index in [2.05, 4.69) is 54.0 Å². The molecular formula is C18H19BrO. The van der Waals surface area contributed by atoms with Crippen LogP contribution in [0.25, 0.3) is 0 Å². The van der Waals surface area contributed by atoms with Crippen molar-refractivity contribution in [2.45, 2.75) is 38.7 Å². The summed E-state index contributed by atoms with van der Waals surface area (Å²) in [5, 5.41) is 0. The number of ether oxygens (including phenoxy) is 1. The second-order valence-electron chi connectivity index (χ2n) is 6.10. The maximum Gasteiger partial charge on any atom is 0.134 e. The Kier molecular flexibility index (Phi) is 3.59. The topological polar surface area (TPSA) is 9.23 Å². The lowest BCUT2D eigenvalue weighted by molar-refractivity contribution is 0.304. The number of fused-ring (bicyclic) bond motifs is 1. The molecule has 0 amide bonds. The van der Waals surface area contributed by atoms with E-state index in [1.54, 1.807) is 0 Å². The molecule has 0 aromatic heterocycles. The summed E-state index contributed by atoms with van der Waals surface area (Å²) in [4.78, 5) is 0. The van der Waals surface area contributed by atoms with Crippen molar-refractivity contribution in [3.05, 3.63) is 63.6 Å². The van der Waals surface area contributed by atoms with Gasteiger partial charge in [-0.15, -0.1) is 0 Å². The van der Waals surface area contributed by atoms with Gasteiger partial charge in [-0.3, -0.25) is 0 Å². The highest BCUT2D eigenvalue weighted by Gasteiger charge is 2.30. The van der Waals surface area contributed by atoms with Crippen LogP contribution in [0.15, 0.2) is 46.9 Å². The molecule has 0 spiro atoms. The van der Waals surface area contributed by atoms with Gasteiger partial charge in [-0.25, -0.2) is 0 Å².